The van der Waals surface area contributed by atoms with E-state index in [0.717, 1.165) is 6.92 Å². The average molecular weight is 408 g/mol. The summed E-state index contributed by atoms with van der Waals surface area (Å²) in [5, 5.41) is 9.99. The number of rotatable bonds is 5. The van der Waals surface area contributed by atoms with Gasteiger partial charge < -0.3 is 19.3 Å². The lowest BCUT2D eigenvalue weighted by molar-refractivity contribution is -0.410. The van der Waals surface area contributed by atoms with Gasteiger partial charge in [0.15, 0.2) is 6.10 Å². The summed E-state index contributed by atoms with van der Waals surface area (Å²) in [5.74, 6) is -10.5. The molecule has 0 aromatic rings. The first-order valence-corrected chi connectivity index (χ1v) is 7.86. The van der Waals surface area contributed by atoms with Gasteiger partial charge in [0, 0.05) is 0 Å². The molecule has 3 atom stereocenters. The van der Waals surface area contributed by atoms with E-state index in [0.29, 0.717) is 0 Å². The van der Waals surface area contributed by atoms with E-state index in [1.165, 1.54) is 13.8 Å². The Balaban J connectivity index is 3.82. The first kappa shape index (κ1) is 23.2. The first-order valence-electron chi connectivity index (χ1n) is 7.86. The molecule has 0 radical (unpaired) electrons. The summed E-state index contributed by atoms with van der Waals surface area (Å²) in [6, 6.07) is 0. The van der Waals surface area contributed by atoms with Crippen LogP contribution in [0.4, 0.5) is 26.3 Å². The van der Waals surface area contributed by atoms with Crippen molar-refractivity contribution in [1.82, 2.24) is 0 Å². The molecular formula is C15H18F6O6. The van der Waals surface area contributed by atoms with Crippen LogP contribution in [0.1, 0.15) is 27.2 Å². The third-order valence-corrected chi connectivity index (χ3v) is 3.75. The Morgan fingerprint density at radius 1 is 1.07 bits per heavy atom. The van der Waals surface area contributed by atoms with E-state index < -0.39 is 66.3 Å². The fourth-order valence-electron chi connectivity index (χ4n) is 2.70. The molecule has 0 aliphatic carbocycles. The van der Waals surface area contributed by atoms with Crippen molar-refractivity contribution < 1.29 is 55.2 Å². The third kappa shape index (κ3) is 4.37. The highest BCUT2D eigenvalue weighted by molar-refractivity contribution is 5.93. The zero-order valence-corrected chi connectivity index (χ0v) is 14.5. The Kier molecular flexibility index (Phi) is 6.92. The molecule has 27 heavy (non-hydrogen) atoms. The number of hydrogen-bond donors (Lipinski definition) is 1. The number of hydrogen-bond acceptors (Lipinski definition) is 6. The van der Waals surface area contributed by atoms with E-state index in [2.05, 4.69) is 14.2 Å². The fraction of sp³-hybridized carbons (Fsp3) is 0.733. The van der Waals surface area contributed by atoms with E-state index in [-0.39, 0.29) is 6.61 Å². The molecule has 0 bridgehead atoms. The molecule has 1 N–H and O–H groups in total. The second-order valence-corrected chi connectivity index (χ2v) is 5.43. The molecule has 156 valence electrons. The minimum absolute atomic E-state index is 0.377. The van der Waals surface area contributed by atoms with Gasteiger partial charge in [0.05, 0.1) is 18.8 Å². The third-order valence-electron chi connectivity index (χ3n) is 3.75. The summed E-state index contributed by atoms with van der Waals surface area (Å²) < 4.78 is 93.2. The minimum Gasteiger partial charge on any atom is -0.465 e. The van der Waals surface area contributed by atoms with Crippen molar-refractivity contribution in [2.75, 3.05) is 13.2 Å². The lowest BCUT2D eigenvalue weighted by atomic mass is 9.80. The van der Waals surface area contributed by atoms with Crippen molar-refractivity contribution in [3.05, 3.63) is 11.1 Å². The Hall–Kier alpha value is -1.82. The van der Waals surface area contributed by atoms with Crippen LogP contribution in [-0.4, -0.2) is 54.5 Å². The molecule has 0 fully saturated rings. The smallest absolute Gasteiger partial charge is 0.444 e. The molecule has 0 amide bonds. The zero-order valence-electron chi connectivity index (χ0n) is 14.5. The summed E-state index contributed by atoms with van der Waals surface area (Å²) in [6.07, 6.45) is -15.3. The van der Waals surface area contributed by atoms with Crippen LogP contribution < -0.4 is 0 Å². The van der Waals surface area contributed by atoms with Gasteiger partial charge in [-0.1, -0.05) is 6.92 Å². The monoisotopic (exact) mass is 408 g/mol. The number of aliphatic hydroxyl groups is 1. The molecule has 1 aliphatic heterocycles. The molecule has 0 saturated carbocycles. The van der Waals surface area contributed by atoms with Gasteiger partial charge in [-0.15, -0.1) is 0 Å². The molecular weight excluding hydrogens is 390 g/mol. The van der Waals surface area contributed by atoms with Crippen molar-refractivity contribution in [2.24, 2.45) is 5.92 Å². The Labute approximate surface area is 150 Å². The predicted molar refractivity (Wildman–Crippen MR) is 76.0 cm³/mol. The van der Waals surface area contributed by atoms with Gasteiger partial charge in [0.2, 0.25) is 0 Å². The van der Waals surface area contributed by atoms with Gasteiger partial charge >= 0.3 is 24.3 Å². The van der Waals surface area contributed by atoms with Crippen LogP contribution in [0.25, 0.3) is 0 Å². The molecule has 1 rings (SSSR count). The number of esters is 2. The highest BCUT2D eigenvalue weighted by Crippen LogP contribution is 2.50. The van der Waals surface area contributed by atoms with Gasteiger partial charge in [-0.05, 0) is 25.8 Å². The van der Waals surface area contributed by atoms with Crippen molar-refractivity contribution in [3.63, 3.8) is 0 Å². The molecule has 1 heterocycles. The van der Waals surface area contributed by atoms with Crippen molar-refractivity contribution in [2.45, 2.75) is 51.4 Å². The summed E-state index contributed by atoms with van der Waals surface area (Å²) in [6.45, 7) is 2.84. The average Bonchev–Trinajstić information content (AvgIpc) is 2.51. The van der Waals surface area contributed by atoms with Gasteiger partial charge in [0.25, 0.3) is 5.79 Å². The Morgan fingerprint density at radius 3 is 1.96 bits per heavy atom. The highest BCUT2D eigenvalue weighted by atomic mass is 19.4. The van der Waals surface area contributed by atoms with Gasteiger partial charge in [-0.25, -0.2) is 4.79 Å². The van der Waals surface area contributed by atoms with E-state index in [9.17, 15) is 41.0 Å². The van der Waals surface area contributed by atoms with E-state index in [1.54, 1.807) is 0 Å². The largest absolute Gasteiger partial charge is 0.465 e. The molecule has 0 saturated heterocycles. The van der Waals surface area contributed by atoms with Crippen molar-refractivity contribution in [1.29, 1.82) is 0 Å². The van der Waals surface area contributed by atoms with E-state index in [1.807, 2.05) is 0 Å². The maximum Gasteiger partial charge on any atom is 0.444 e. The summed E-state index contributed by atoms with van der Waals surface area (Å²) in [5.41, 5.74) is -2.22. The summed E-state index contributed by atoms with van der Waals surface area (Å²) in [7, 11) is 0. The lowest BCUT2D eigenvalue weighted by Crippen LogP contribution is -2.63. The van der Waals surface area contributed by atoms with Crippen LogP contribution in [0.2, 0.25) is 0 Å². The Bertz CT molecular complexity index is 611. The van der Waals surface area contributed by atoms with Crippen LogP contribution in [-0.2, 0) is 23.8 Å². The lowest BCUT2D eigenvalue weighted by Gasteiger charge is -2.44. The van der Waals surface area contributed by atoms with Crippen molar-refractivity contribution >= 4 is 11.9 Å². The van der Waals surface area contributed by atoms with Crippen LogP contribution in [0, 0.1) is 5.92 Å². The van der Waals surface area contributed by atoms with Crippen LogP contribution >= 0.6 is 0 Å². The molecule has 6 nitrogen and oxygen atoms in total. The maximum absolute atomic E-state index is 13.4. The molecule has 12 heteroatoms. The number of carbonyl (C=O) groups excluding carboxylic acids is 2. The maximum atomic E-state index is 13.4. The predicted octanol–water partition coefficient (Wildman–Crippen LogP) is 2.65. The number of alkyl halides is 6. The SMILES string of the molecule is CCOC(=O)C1=C(CC)C(C(=O)OCC)C(O)(C(F)(F)F)OC1C(F)(F)F. The number of ether oxygens (including phenoxy) is 3. The quantitative estimate of drug-likeness (QED) is 0.557. The normalized spacial score (nSPS) is 26.7. The summed E-state index contributed by atoms with van der Waals surface area (Å²) >= 11 is 0. The molecule has 3 unspecified atom stereocenters. The molecule has 0 aromatic carbocycles. The molecule has 1 aliphatic rings. The van der Waals surface area contributed by atoms with Gasteiger partial charge in [-0.3, -0.25) is 4.79 Å². The minimum atomic E-state index is -5.80. The number of halogens is 6. The zero-order chi connectivity index (χ0) is 21.2. The van der Waals surface area contributed by atoms with Crippen LogP contribution in [0.15, 0.2) is 11.1 Å². The second kappa shape index (κ2) is 8.05. The van der Waals surface area contributed by atoms with Gasteiger partial charge in [-0.2, -0.15) is 26.3 Å². The second-order valence-electron chi connectivity index (χ2n) is 5.43. The van der Waals surface area contributed by atoms with Gasteiger partial charge in [0.1, 0.15) is 5.92 Å². The first-order chi connectivity index (χ1) is 12.3. The van der Waals surface area contributed by atoms with Crippen LogP contribution in [0.3, 0.4) is 0 Å². The van der Waals surface area contributed by atoms with E-state index >= 15 is 0 Å². The van der Waals surface area contributed by atoms with Crippen LogP contribution in [0.5, 0.6) is 0 Å². The molecule has 0 spiro atoms. The fourth-order valence-corrected chi connectivity index (χ4v) is 2.70. The Morgan fingerprint density at radius 2 is 1.59 bits per heavy atom. The highest BCUT2D eigenvalue weighted by Gasteiger charge is 2.70. The summed E-state index contributed by atoms with van der Waals surface area (Å²) in [4.78, 5) is 24.1. The van der Waals surface area contributed by atoms with Crippen molar-refractivity contribution in [3.8, 4) is 0 Å². The molecule has 0 aromatic heterocycles. The van der Waals surface area contributed by atoms with E-state index in [4.69, 9.17) is 0 Å². The topological polar surface area (TPSA) is 82.1 Å². The number of carbonyl (C=O) groups is 2. The standard InChI is InChI=1S/C15H18F6O6/c1-4-7-8(11(22)25-5-2)10(14(16,17)18)27-13(24,15(19,20)21)9(7)12(23)26-6-3/h9-10,24H,4-6H2,1-3H3.